The van der Waals surface area contributed by atoms with E-state index in [1.807, 2.05) is 12.1 Å². The maximum absolute atomic E-state index is 12.3. The van der Waals surface area contributed by atoms with Crippen molar-refractivity contribution in [3.63, 3.8) is 0 Å². The van der Waals surface area contributed by atoms with E-state index >= 15 is 0 Å². The van der Waals surface area contributed by atoms with Gasteiger partial charge in [-0.05, 0) is 30.9 Å². The summed E-state index contributed by atoms with van der Waals surface area (Å²) in [4.78, 5) is 19.4. The SMILES string of the molecule is CC(C)(C)c1ccc(=O)n(CC2CCN(c3nc4c(cc3C#N)COCC4)CC2)n1. The molecule has 0 saturated carbocycles. The Morgan fingerprint density at radius 1 is 1.27 bits per heavy atom. The van der Waals surface area contributed by atoms with Crippen LogP contribution >= 0.6 is 0 Å². The molecule has 1 fully saturated rings. The quantitative estimate of drug-likeness (QED) is 0.778. The summed E-state index contributed by atoms with van der Waals surface area (Å²) in [5.41, 5.74) is 3.49. The van der Waals surface area contributed by atoms with Gasteiger partial charge in [0.2, 0.25) is 0 Å². The highest BCUT2D eigenvalue weighted by molar-refractivity contribution is 5.56. The standard InChI is InChI=1S/C23H29N5O2/c1-23(2,3)20-4-5-21(29)28(26-20)14-16-6-9-27(10-7-16)22-17(13-24)12-18-15-30-11-8-19(18)25-22/h4-5,12,16H,6-11,14-15H2,1-3H3. The normalized spacial score (nSPS) is 17.5. The van der Waals surface area contributed by atoms with E-state index in [9.17, 15) is 10.1 Å². The van der Waals surface area contributed by atoms with Crippen molar-refractivity contribution in [2.24, 2.45) is 5.92 Å². The predicted molar refractivity (Wildman–Crippen MR) is 114 cm³/mol. The zero-order chi connectivity index (χ0) is 21.3. The molecule has 0 aliphatic carbocycles. The Kier molecular flexibility index (Phi) is 5.61. The van der Waals surface area contributed by atoms with Gasteiger partial charge in [-0.25, -0.2) is 9.67 Å². The molecule has 0 amide bonds. The van der Waals surface area contributed by atoms with E-state index in [2.05, 4.69) is 36.8 Å². The Hall–Kier alpha value is -2.72. The van der Waals surface area contributed by atoms with Gasteiger partial charge in [0.15, 0.2) is 0 Å². The van der Waals surface area contributed by atoms with Gasteiger partial charge in [0.05, 0.1) is 30.2 Å². The maximum atomic E-state index is 12.3. The van der Waals surface area contributed by atoms with Crippen LogP contribution < -0.4 is 10.5 Å². The largest absolute Gasteiger partial charge is 0.376 e. The minimum absolute atomic E-state index is 0.0456. The number of nitriles is 1. The molecule has 0 atom stereocenters. The number of piperidine rings is 1. The molecule has 2 aliphatic rings. The lowest BCUT2D eigenvalue weighted by Crippen LogP contribution is -2.38. The van der Waals surface area contributed by atoms with Gasteiger partial charge >= 0.3 is 0 Å². The minimum Gasteiger partial charge on any atom is -0.376 e. The number of hydrogen-bond donors (Lipinski definition) is 0. The Morgan fingerprint density at radius 2 is 2.03 bits per heavy atom. The fraction of sp³-hybridized carbons (Fsp3) is 0.565. The van der Waals surface area contributed by atoms with Gasteiger partial charge < -0.3 is 9.64 Å². The molecule has 0 bridgehead atoms. The average Bonchev–Trinajstić information content (AvgIpc) is 2.74. The summed E-state index contributed by atoms with van der Waals surface area (Å²) >= 11 is 0. The topological polar surface area (TPSA) is 84.0 Å². The first kappa shape index (κ1) is 20.5. The molecule has 30 heavy (non-hydrogen) atoms. The summed E-state index contributed by atoms with van der Waals surface area (Å²) in [6, 6.07) is 7.70. The highest BCUT2D eigenvalue weighted by Crippen LogP contribution is 2.28. The molecule has 0 N–H and O–H groups in total. The number of pyridine rings is 1. The number of nitrogens with zero attached hydrogens (tertiary/aromatic N) is 5. The molecule has 0 unspecified atom stereocenters. The zero-order valence-electron chi connectivity index (χ0n) is 18.0. The van der Waals surface area contributed by atoms with Crippen molar-refractivity contribution in [2.45, 2.75) is 58.6 Å². The van der Waals surface area contributed by atoms with Gasteiger partial charge in [0, 0.05) is 43.1 Å². The molecular formula is C23H29N5O2. The van der Waals surface area contributed by atoms with Gasteiger partial charge in [-0.2, -0.15) is 10.4 Å². The van der Waals surface area contributed by atoms with Crippen molar-refractivity contribution in [3.05, 3.63) is 51.1 Å². The van der Waals surface area contributed by atoms with Crippen molar-refractivity contribution in [2.75, 3.05) is 24.6 Å². The number of rotatable bonds is 3. The lowest BCUT2D eigenvalue weighted by molar-refractivity contribution is 0.109. The van der Waals surface area contributed by atoms with Crippen LogP contribution in [0, 0.1) is 17.2 Å². The molecule has 7 heteroatoms. The van der Waals surface area contributed by atoms with Crippen molar-refractivity contribution >= 4 is 5.82 Å². The third-order valence-corrected chi connectivity index (χ3v) is 6.01. The van der Waals surface area contributed by atoms with Crippen LogP contribution in [0.15, 0.2) is 23.0 Å². The van der Waals surface area contributed by atoms with E-state index in [0.717, 1.165) is 55.1 Å². The van der Waals surface area contributed by atoms with Crippen LogP contribution in [0.4, 0.5) is 5.82 Å². The van der Waals surface area contributed by atoms with E-state index in [-0.39, 0.29) is 11.0 Å². The molecule has 7 nitrogen and oxygen atoms in total. The Morgan fingerprint density at radius 3 is 2.73 bits per heavy atom. The van der Waals surface area contributed by atoms with Crippen LogP contribution in [-0.4, -0.2) is 34.5 Å². The monoisotopic (exact) mass is 407 g/mol. The Labute approximate surface area is 177 Å². The summed E-state index contributed by atoms with van der Waals surface area (Å²) < 4.78 is 7.12. The zero-order valence-corrected chi connectivity index (χ0v) is 18.0. The van der Waals surface area contributed by atoms with Crippen molar-refractivity contribution in [1.82, 2.24) is 14.8 Å². The molecule has 0 aromatic carbocycles. The molecule has 2 aliphatic heterocycles. The second-order valence-electron chi connectivity index (χ2n) is 9.30. The highest BCUT2D eigenvalue weighted by Gasteiger charge is 2.25. The molecule has 4 rings (SSSR count). The highest BCUT2D eigenvalue weighted by atomic mass is 16.5. The summed E-state index contributed by atoms with van der Waals surface area (Å²) in [6.07, 6.45) is 2.68. The van der Waals surface area contributed by atoms with E-state index in [1.165, 1.54) is 0 Å². The lowest BCUT2D eigenvalue weighted by atomic mass is 9.92. The number of aromatic nitrogens is 3. The number of hydrogen-bond acceptors (Lipinski definition) is 6. The van der Waals surface area contributed by atoms with E-state index in [1.54, 1.807) is 10.7 Å². The summed E-state index contributed by atoms with van der Waals surface area (Å²) in [5, 5.41) is 14.2. The van der Waals surface area contributed by atoms with Crippen molar-refractivity contribution in [3.8, 4) is 6.07 Å². The van der Waals surface area contributed by atoms with Gasteiger partial charge in [-0.1, -0.05) is 20.8 Å². The van der Waals surface area contributed by atoms with Crippen LogP contribution in [-0.2, 0) is 29.7 Å². The number of fused-ring (bicyclic) bond motifs is 1. The smallest absolute Gasteiger partial charge is 0.266 e. The second-order valence-corrected chi connectivity index (χ2v) is 9.30. The molecular weight excluding hydrogens is 378 g/mol. The Bertz CT molecular complexity index is 1020. The van der Waals surface area contributed by atoms with Gasteiger partial charge in [-0.15, -0.1) is 0 Å². The first-order chi connectivity index (χ1) is 14.3. The van der Waals surface area contributed by atoms with Gasteiger partial charge in [0.25, 0.3) is 5.56 Å². The number of ether oxygens (including phenoxy) is 1. The summed E-state index contributed by atoms with van der Waals surface area (Å²) in [5.74, 6) is 1.18. The molecule has 158 valence electrons. The van der Waals surface area contributed by atoms with Crippen LogP contribution in [0.25, 0.3) is 0 Å². The van der Waals surface area contributed by atoms with Gasteiger partial charge in [-0.3, -0.25) is 4.79 Å². The first-order valence-electron chi connectivity index (χ1n) is 10.7. The molecule has 2 aromatic heterocycles. The fourth-order valence-corrected chi connectivity index (χ4v) is 4.15. The molecule has 1 saturated heterocycles. The third kappa shape index (κ3) is 4.24. The molecule has 0 radical (unpaired) electrons. The average molecular weight is 408 g/mol. The van der Waals surface area contributed by atoms with E-state index in [4.69, 9.17) is 9.72 Å². The van der Waals surface area contributed by atoms with Crippen LogP contribution in [0.1, 0.15) is 56.1 Å². The van der Waals surface area contributed by atoms with Crippen LogP contribution in [0.2, 0.25) is 0 Å². The van der Waals surface area contributed by atoms with E-state index < -0.39 is 0 Å². The van der Waals surface area contributed by atoms with Crippen LogP contribution in [0.5, 0.6) is 0 Å². The summed E-state index contributed by atoms with van der Waals surface area (Å²) in [6.45, 7) is 9.83. The van der Waals surface area contributed by atoms with Crippen LogP contribution in [0.3, 0.4) is 0 Å². The van der Waals surface area contributed by atoms with E-state index in [0.29, 0.717) is 31.2 Å². The lowest BCUT2D eigenvalue weighted by Gasteiger charge is -2.34. The minimum atomic E-state index is -0.0876. The summed E-state index contributed by atoms with van der Waals surface area (Å²) in [7, 11) is 0. The third-order valence-electron chi connectivity index (χ3n) is 6.01. The maximum Gasteiger partial charge on any atom is 0.266 e. The second kappa shape index (κ2) is 8.19. The number of anilines is 1. The first-order valence-corrected chi connectivity index (χ1v) is 10.7. The van der Waals surface area contributed by atoms with Gasteiger partial charge in [0.1, 0.15) is 11.9 Å². The predicted octanol–water partition coefficient (Wildman–Crippen LogP) is 2.80. The molecule has 0 spiro atoms. The molecule has 2 aromatic rings. The molecule has 4 heterocycles. The van der Waals surface area contributed by atoms with Crippen molar-refractivity contribution in [1.29, 1.82) is 5.26 Å². The fourth-order valence-electron chi connectivity index (χ4n) is 4.15. The van der Waals surface area contributed by atoms with Crippen molar-refractivity contribution < 1.29 is 4.74 Å². The Balaban J connectivity index is 1.46.